The molecule has 4 nitrogen and oxygen atoms in total. The molecule has 1 rings (SSSR count). The number of aliphatic imine (C=N–C) groups is 1. The third-order valence-electron chi connectivity index (χ3n) is 2.01. The fraction of sp³-hybridized carbons (Fsp3) is 0.300. The first-order valence-electron chi connectivity index (χ1n) is 4.64. The summed E-state index contributed by atoms with van der Waals surface area (Å²) in [6.45, 7) is -0.00456. The van der Waals surface area contributed by atoms with Crippen LogP contribution in [0, 0.1) is 0 Å². The Morgan fingerprint density at radius 1 is 1.33 bits per heavy atom. The highest BCUT2D eigenvalue weighted by Crippen LogP contribution is 2.36. The molecule has 8 heteroatoms. The average Bonchev–Trinajstić information content (AvgIpc) is 2.24. The van der Waals surface area contributed by atoms with Gasteiger partial charge < -0.3 is 16.2 Å². The second-order valence-corrected chi connectivity index (χ2v) is 3.27. The third kappa shape index (κ3) is 4.33. The molecule has 1 aromatic rings. The van der Waals surface area contributed by atoms with Gasteiger partial charge in [-0.15, -0.1) is 12.4 Å². The monoisotopic (exact) mass is 283 g/mol. The molecule has 0 aliphatic carbocycles. The van der Waals surface area contributed by atoms with Crippen molar-refractivity contribution in [3.63, 3.8) is 0 Å². The molecule has 0 saturated carbocycles. The number of alkyl halides is 3. The van der Waals surface area contributed by atoms with Crippen LogP contribution in [-0.4, -0.2) is 13.1 Å². The first-order valence-corrected chi connectivity index (χ1v) is 4.64. The van der Waals surface area contributed by atoms with Gasteiger partial charge in [-0.1, -0.05) is 6.07 Å². The van der Waals surface area contributed by atoms with Crippen molar-refractivity contribution in [1.29, 1.82) is 0 Å². The second kappa shape index (κ2) is 6.34. The van der Waals surface area contributed by atoms with Gasteiger partial charge in [-0.25, -0.2) is 4.99 Å². The molecule has 1 aromatic carbocycles. The molecule has 0 radical (unpaired) electrons. The Hall–Kier alpha value is -1.63. The van der Waals surface area contributed by atoms with Crippen LogP contribution in [0.4, 0.5) is 13.2 Å². The molecule has 0 saturated heterocycles. The zero-order valence-corrected chi connectivity index (χ0v) is 10.3. The summed E-state index contributed by atoms with van der Waals surface area (Å²) in [5.74, 6) is -0.402. The lowest BCUT2D eigenvalue weighted by atomic mass is 10.1. The number of benzene rings is 1. The maximum Gasteiger partial charge on any atom is 0.419 e. The van der Waals surface area contributed by atoms with Gasteiger partial charge in [0.05, 0.1) is 19.2 Å². The van der Waals surface area contributed by atoms with E-state index in [1.165, 1.54) is 19.2 Å². The van der Waals surface area contributed by atoms with Gasteiger partial charge >= 0.3 is 6.18 Å². The van der Waals surface area contributed by atoms with Crippen LogP contribution < -0.4 is 16.2 Å². The van der Waals surface area contributed by atoms with Gasteiger partial charge in [0.25, 0.3) is 0 Å². The summed E-state index contributed by atoms with van der Waals surface area (Å²) in [7, 11) is 1.18. The van der Waals surface area contributed by atoms with Crippen molar-refractivity contribution >= 4 is 18.4 Å². The summed E-state index contributed by atoms with van der Waals surface area (Å²) in [5, 5.41) is 0. The highest BCUT2D eigenvalue weighted by Gasteiger charge is 2.34. The lowest BCUT2D eigenvalue weighted by molar-refractivity contribution is -0.138. The molecular weight excluding hydrogens is 271 g/mol. The fourth-order valence-electron chi connectivity index (χ4n) is 1.26. The van der Waals surface area contributed by atoms with E-state index in [0.717, 1.165) is 6.07 Å². The van der Waals surface area contributed by atoms with E-state index in [4.69, 9.17) is 11.5 Å². The van der Waals surface area contributed by atoms with Crippen molar-refractivity contribution in [2.75, 3.05) is 7.11 Å². The Morgan fingerprint density at radius 3 is 2.39 bits per heavy atom. The van der Waals surface area contributed by atoms with E-state index >= 15 is 0 Å². The molecule has 0 aliphatic heterocycles. The summed E-state index contributed by atoms with van der Waals surface area (Å²) in [4.78, 5) is 3.64. The lowest BCUT2D eigenvalue weighted by Crippen LogP contribution is -2.22. The highest BCUT2D eigenvalue weighted by atomic mass is 35.5. The normalized spacial score (nSPS) is 10.4. The van der Waals surface area contributed by atoms with E-state index in [9.17, 15) is 13.2 Å². The molecule has 0 unspecified atom stereocenters. The van der Waals surface area contributed by atoms with Crippen LogP contribution in [0.1, 0.15) is 11.1 Å². The number of hydrogen-bond donors (Lipinski definition) is 2. The molecule has 4 N–H and O–H groups in total. The zero-order valence-electron chi connectivity index (χ0n) is 9.49. The van der Waals surface area contributed by atoms with Gasteiger partial charge in [0.15, 0.2) is 5.96 Å². The van der Waals surface area contributed by atoms with E-state index in [0.29, 0.717) is 5.56 Å². The number of methoxy groups -OCH3 is 1. The molecule has 0 spiro atoms. The minimum atomic E-state index is -4.47. The van der Waals surface area contributed by atoms with E-state index in [1.54, 1.807) is 0 Å². The summed E-state index contributed by atoms with van der Waals surface area (Å²) < 4.78 is 42.6. The number of halogens is 4. The molecule has 0 aliphatic rings. The second-order valence-electron chi connectivity index (χ2n) is 3.27. The SMILES string of the molecule is COc1ccc(CN=C(N)N)cc1C(F)(F)F.Cl. The minimum absolute atomic E-state index is 0. The van der Waals surface area contributed by atoms with Crippen LogP contribution >= 0.6 is 12.4 Å². The van der Waals surface area contributed by atoms with Gasteiger partial charge in [0.1, 0.15) is 5.75 Å². The smallest absolute Gasteiger partial charge is 0.419 e. The molecule has 0 bridgehead atoms. The Kier molecular flexibility index (Phi) is 5.77. The van der Waals surface area contributed by atoms with Crippen LogP contribution in [0.2, 0.25) is 0 Å². The van der Waals surface area contributed by atoms with Crippen LogP contribution in [0.25, 0.3) is 0 Å². The largest absolute Gasteiger partial charge is 0.496 e. The number of nitrogens with zero attached hydrogens (tertiary/aromatic N) is 1. The van der Waals surface area contributed by atoms with Crippen molar-refractivity contribution in [1.82, 2.24) is 0 Å². The van der Waals surface area contributed by atoms with Gasteiger partial charge in [0.2, 0.25) is 0 Å². The average molecular weight is 284 g/mol. The molecule has 0 aromatic heterocycles. The van der Waals surface area contributed by atoms with Crippen LogP contribution in [0.5, 0.6) is 5.75 Å². The Labute approximate surface area is 108 Å². The molecule has 0 heterocycles. The Morgan fingerprint density at radius 2 is 1.94 bits per heavy atom. The predicted octanol–water partition coefficient (Wildman–Crippen LogP) is 1.91. The van der Waals surface area contributed by atoms with E-state index < -0.39 is 11.7 Å². The van der Waals surface area contributed by atoms with Crippen LogP contribution in [0.15, 0.2) is 23.2 Å². The van der Waals surface area contributed by atoms with Gasteiger partial charge in [-0.3, -0.25) is 0 Å². The maximum atomic E-state index is 12.6. The number of ether oxygens (including phenoxy) is 1. The van der Waals surface area contributed by atoms with Gasteiger partial charge in [0, 0.05) is 0 Å². The number of hydrogen-bond acceptors (Lipinski definition) is 2. The van der Waals surface area contributed by atoms with Crippen molar-refractivity contribution in [2.45, 2.75) is 12.7 Å². The lowest BCUT2D eigenvalue weighted by Gasteiger charge is -2.12. The summed E-state index contributed by atoms with van der Waals surface area (Å²) in [5.41, 5.74) is 9.71. The highest BCUT2D eigenvalue weighted by molar-refractivity contribution is 5.85. The molecule has 0 atom stereocenters. The summed E-state index contributed by atoms with van der Waals surface area (Å²) in [6.07, 6.45) is -4.47. The quantitative estimate of drug-likeness (QED) is 0.657. The van der Waals surface area contributed by atoms with Crippen LogP contribution in [0.3, 0.4) is 0 Å². The van der Waals surface area contributed by atoms with Crippen molar-refractivity contribution < 1.29 is 17.9 Å². The zero-order chi connectivity index (χ0) is 13.1. The van der Waals surface area contributed by atoms with Crippen molar-refractivity contribution in [3.05, 3.63) is 29.3 Å². The summed E-state index contributed by atoms with van der Waals surface area (Å²) >= 11 is 0. The predicted molar refractivity (Wildman–Crippen MR) is 64.8 cm³/mol. The first-order chi connectivity index (χ1) is 7.84. The van der Waals surface area contributed by atoms with Gasteiger partial charge in [-0.2, -0.15) is 13.2 Å². The van der Waals surface area contributed by atoms with Crippen molar-refractivity contribution in [3.8, 4) is 5.75 Å². The molecule has 0 amide bonds. The maximum absolute atomic E-state index is 12.6. The standard InChI is InChI=1S/C10H12F3N3O.ClH/c1-17-8-3-2-6(5-16-9(14)15)4-7(8)10(11,12)13;/h2-4H,5H2,1H3,(H4,14,15,16);1H. The van der Waals surface area contributed by atoms with Crippen LogP contribution in [-0.2, 0) is 12.7 Å². The Bertz CT molecular complexity index is 431. The Balaban J connectivity index is 0.00000289. The molecular formula is C10H13ClF3N3O. The van der Waals surface area contributed by atoms with Gasteiger partial charge in [-0.05, 0) is 17.7 Å². The van der Waals surface area contributed by atoms with E-state index in [-0.39, 0.29) is 30.7 Å². The van der Waals surface area contributed by atoms with E-state index in [2.05, 4.69) is 9.73 Å². The fourth-order valence-corrected chi connectivity index (χ4v) is 1.26. The van der Waals surface area contributed by atoms with E-state index in [1.807, 2.05) is 0 Å². The van der Waals surface area contributed by atoms with Crippen molar-refractivity contribution in [2.24, 2.45) is 16.5 Å². The summed E-state index contributed by atoms with van der Waals surface area (Å²) in [6, 6.07) is 3.67. The number of rotatable bonds is 3. The topological polar surface area (TPSA) is 73.6 Å². The number of guanidine groups is 1. The first kappa shape index (κ1) is 16.4. The molecule has 102 valence electrons. The molecule has 0 fully saturated rings. The molecule has 18 heavy (non-hydrogen) atoms. The minimum Gasteiger partial charge on any atom is -0.496 e. The third-order valence-corrected chi connectivity index (χ3v) is 2.01. The number of nitrogens with two attached hydrogens (primary N) is 2.